The summed E-state index contributed by atoms with van der Waals surface area (Å²) in [5.41, 5.74) is 0.685. The molecule has 1 aliphatic rings. The zero-order valence-corrected chi connectivity index (χ0v) is 16.1. The lowest BCUT2D eigenvalue weighted by atomic mass is 9.97. The second-order valence-corrected chi connectivity index (χ2v) is 8.38. The van der Waals surface area contributed by atoms with Crippen LogP contribution in [0.15, 0.2) is 59.5 Å². The maximum Gasteiger partial charge on any atom is 0.243 e. The van der Waals surface area contributed by atoms with Crippen molar-refractivity contribution in [3.05, 3.63) is 54.6 Å². The zero-order chi connectivity index (χ0) is 19.3. The highest BCUT2D eigenvalue weighted by molar-refractivity contribution is 7.89. The summed E-state index contributed by atoms with van der Waals surface area (Å²) in [6.45, 7) is 3.15. The van der Waals surface area contributed by atoms with Crippen LogP contribution in [-0.2, 0) is 14.8 Å². The summed E-state index contributed by atoms with van der Waals surface area (Å²) in [6.07, 6.45) is 1.01. The van der Waals surface area contributed by atoms with Crippen molar-refractivity contribution in [3.63, 3.8) is 0 Å². The van der Waals surface area contributed by atoms with Gasteiger partial charge in [0.05, 0.1) is 11.5 Å². The van der Waals surface area contributed by atoms with Crippen molar-refractivity contribution in [1.29, 1.82) is 0 Å². The number of anilines is 1. The molecule has 27 heavy (non-hydrogen) atoms. The van der Waals surface area contributed by atoms with E-state index in [9.17, 15) is 13.2 Å². The Morgan fingerprint density at radius 1 is 1.11 bits per heavy atom. The fourth-order valence-corrected chi connectivity index (χ4v) is 4.67. The molecule has 7 heteroatoms. The van der Waals surface area contributed by atoms with Gasteiger partial charge in [-0.05, 0) is 44.0 Å². The van der Waals surface area contributed by atoms with E-state index in [2.05, 4.69) is 5.32 Å². The van der Waals surface area contributed by atoms with E-state index in [1.54, 1.807) is 36.4 Å². The molecule has 1 amide bonds. The minimum Gasteiger partial charge on any atom is -0.494 e. The highest BCUT2D eigenvalue weighted by Crippen LogP contribution is 2.25. The van der Waals surface area contributed by atoms with Crippen molar-refractivity contribution in [2.24, 2.45) is 5.92 Å². The van der Waals surface area contributed by atoms with Gasteiger partial charge in [-0.25, -0.2) is 8.42 Å². The number of nitrogens with zero attached hydrogens (tertiary/aromatic N) is 1. The molecule has 1 saturated heterocycles. The third-order valence-electron chi connectivity index (χ3n) is 4.62. The van der Waals surface area contributed by atoms with Gasteiger partial charge in [0, 0.05) is 30.8 Å². The fourth-order valence-electron chi connectivity index (χ4n) is 3.17. The molecule has 0 unspecified atom stereocenters. The number of carbonyl (C=O) groups is 1. The van der Waals surface area contributed by atoms with Crippen LogP contribution < -0.4 is 10.1 Å². The standard InChI is InChI=1S/C20H24N2O4S/c1-2-26-18-8-6-7-17(15-18)21-20(23)16-11-13-22(14-12-16)27(24,25)19-9-4-3-5-10-19/h3-10,15-16H,2,11-14H2,1H3,(H,21,23). The van der Waals surface area contributed by atoms with E-state index in [0.717, 1.165) is 0 Å². The van der Waals surface area contributed by atoms with Crippen molar-refractivity contribution in [2.45, 2.75) is 24.7 Å². The number of ether oxygens (including phenoxy) is 1. The number of carbonyl (C=O) groups excluding carboxylic acids is 1. The van der Waals surface area contributed by atoms with Crippen molar-refractivity contribution >= 4 is 21.6 Å². The van der Waals surface area contributed by atoms with E-state index in [0.29, 0.717) is 48.9 Å². The predicted molar refractivity (Wildman–Crippen MR) is 104 cm³/mol. The quantitative estimate of drug-likeness (QED) is 0.825. The van der Waals surface area contributed by atoms with Crippen LogP contribution in [0.5, 0.6) is 5.75 Å². The summed E-state index contributed by atoms with van der Waals surface area (Å²) in [6, 6.07) is 15.7. The maximum absolute atomic E-state index is 12.7. The molecule has 1 N–H and O–H groups in total. The van der Waals surface area contributed by atoms with Crippen LogP contribution in [0.4, 0.5) is 5.69 Å². The monoisotopic (exact) mass is 388 g/mol. The van der Waals surface area contributed by atoms with Gasteiger partial charge in [-0.2, -0.15) is 4.31 Å². The van der Waals surface area contributed by atoms with Gasteiger partial charge >= 0.3 is 0 Å². The third kappa shape index (κ3) is 4.67. The van der Waals surface area contributed by atoms with E-state index in [1.807, 2.05) is 25.1 Å². The molecule has 144 valence electrons. The Morgan fingerprint density at radius 2 is 1.81 bits per heavy atom. The Labute approximate surface area is 160 Å². The Hall–Kier alpha value is -2.38. The molecule has 0 radical (unpaired) electrons. The molecule has 0 atom stereocenters. The lowest BCUT2D eigenvalue weighted by molar-refractivity contribution is -0.120. The second-order valence-electron chi connectivity index (χ2n) is 6.44. The molecule has 0 bridgehead atoms. The summed E-state index contributed by atoms with van der Waals surface area (Å²) >= 11 is 0. The van der Waals surface area contributed by atoms with Gasteiger partial charge in [-0.3, -0.25) is 4.79 Å². The third-order valence-corrected chi connectivity index (χ3v) is 6.53. The van der Waals surface area contributed by atoms with E-state index in [4.69, 9.17) is 4.74 Å². The van der Waals surface area contributed by atoms with Crippen LogP contribution in [0.3, 0.4) is 0 Å². The summed E-state index contributed by atoms with van der Waals surface area (Å²) in [5, 5.41) is 2.91. The van der Waals surface area contributed by atoms with Gasteiger partial charge in [0.25, 0.3) is 0 Å². The molecule has 0 aromatic heterocycles. The van der Waals surface area contributed by atoms with Crippen LogP contribution >= 0.6 is 0 Å². The van der Waals surface area contributed by atoms with Crippen molar-refractivity contribution in [2.75, 3.05) is 25.0 Å². The number of piperidine rings is 1. The topological polar surface area (TPSA) is 75.7 Å². The number of nitrogens with one attached hydrogen (secondary N) is 1. The van der Waals surface area contributed by atoms with Crippen LogP contribution in [0.1, 0.15) is 19.8 Å². The van der Waals surface area contributed by atoms with Gasteiger partial charge in [0.15, 0.2) is 0 Å². The Kier molecular flexibility index (Phi) is 6.13. The van der Waals surface area contributed by atoms with Gasteiger partial charge < -0.3 is 10.1 Å². The van der Waals surface area contributed by atoms with Crippen LogP contribution in [0, 0.1) is 5.92 Å². The molecule has 1 fully saturated rings. The predicted octanol–water partition coefficient (Wildman–Crippen LogP) is 3.12. The zero-order valence-electron chi connectivity index (χ0n) is 15.3. The number of amides is 1. The molecular weight excluding hydrogens is 364 g/mol. The van der Waals surface area contributed by atoms with Crippen LogP contribution in [0.2, 0.25) is 0 Å². The summed E-state index contributed by atoms with van der Waals surface area (Å²) < 4.78 is 32.2. The van der Waals surface area contributed by atoms with Crippen molar-refractivity contribution in [1.82, 2.24) is 4.31 Å². The number of benzene rings is 2. The Balaban J connectivity index is 1.59. The summed E-state index contributed by atoms with van der Waals surface area (Å²) in [5.74, 6) is 0.419. The first kappa shape index (κ1) is 19.4. The molecule has 0 saturated carbocycles. The Bertz CT molecular complexity index is 876. The minimum absolute atomic E-state index is 0.0830. The molecule has 2 aromatic rings. The van der Waals surface area contributed by atoms with E-state index < -0.39 is 10.0 Å². The molecule has 1 aliphatic heterocycles. The van der Waals surface area contributed by atoms with Crippen molar-refractivity contribution in [3.8, 4) is 5.75 Å². The molecule has 1 heterocycles. The first-order valence-electron chi connectivity index (χ1n) is 9.09. The molecule has 0 aliphatic carbocycles. The number of rotatable bonds is 6. The minimum atomic E-state index is -3.50. The van der Waals surface area contributed by atoms with Gasteiger partial charge in [-0.15, -0.1) is 0 Å². The number of hydrogen-bond donors (Lipinski definition) is 1. The lowest BCUT2D eigenvalue weighted by Gasteiger charge is -2.30. The van der Waals surface area contributed by atoms with Gasteiger partial charge in [0.1, 0.15) is 5.75 Å². The maximum atomic E-state index is 12.7. The van der Waals surface area contributed by atoms with E-state index >= 15 is 0 Å². The normalized spacial score (nSPS) is 16.0. The first-order chi connectivity index (χ1) is 13.0. The lowest BCUT2D eigenvalue weighted by Crippen LogP contribution is -2.41. The Morgan fingerprint density at radius 3 is 2.48 bits per heavy atom. The summed E-state index contributed by atoms with van der Waals surface area (Å²) in [4.78, 5) is 12.8. The smallest absolute Gasteiger partial charge is 0.243 e. The largest absolute Gasteiger partial charge is 0.494 e. The SMILES string of the molecule is CCOc1cccc(NC(=O)C2CCN(S(=O)(=O)c3ccccc3)CC2)c1. The molecule has 6 nitrogen and oxygen atoms in total. The fraction of sp³-hybridized carbons (Fsp3) is 0.350. The number of sulfonamides is 1. The molecular formula is C20H24N2O4S. The highest BCUT2D eigenvalue weighted by atomic mass is 32.2. The van der Waals surface area contributed by atoms with Crippen LogP contribution in [-0.4, -0.2) is 38.3 Å². The van der Waals surface area contributed by atoms with Gasteiger partial charge in [0.2, 0.25) is 15.9 Å². The highest BCUT2D eigenvalue weighted by Gasteiger charge is 2.32. The second kappa shape index (κ2) is 8.54. The van der Waals surface area contributed by atoms with E-state index in [1.165, 1.54) is 4.31 Å². The average molecular weight is 388 g/mol. The first-order valence-corrected chi connectivity index (χ1v) is 10.5. The van der Waals surface area contributed by atoms with Crippen molar-refractivity contribution < 1.29 is 17.9 Å². The van der Waals surface area contributed by atoms with Gasteiger partial charge in [-0.1, -0.05) is 24.3 Å². The van der Waals surface area contributed by atoms with Crippen LogP contribution in [0.25, 0.3) is 0 Å². The molecule has 3 rings (SSSR count). The number of hydrogen-bond acceptors (Lipinski definition) is 4. The molecule has 2 aromatic carbocycles. The molecule has 0 spiro atoms. The average Bonchev–Trinajstić information content (AvgIpc) is 2.69. The summed E-state index contributed by atoms with van der Waals surface area (Å²) in [7, 11) is -3.50. The van der Waals surface area contributed by atoms with E-state index in [-0.39, 0.29) is 11.8 Å².